The number of carbonyl (C=O) groups excluding carboxylic acids is 2. The van der Waals surface area contributed by atoms with Gasteiger partial charge in [-0.1, -0.05) is 36.4 Å². The fourth-order valence-electron chi connectivity index (χ4n) is 3.27. The van der Waals surface area contributed by atoms with Gasteiger partial charge in [0.25, 0.3) is 0 Å². The lowest BCUT2D eigenvalue weighted by atomic mass is 10.00. The minimum Gasteiger partial charge on any atom is -0.443 e. The van der Waals surface area contributed by atoms with E-state index in [1.807, 2.05) is 30.3 Å². The summed E-state index contributed by atoms with van der Waals surface area (Å²) in [5, 5.41) is 0. The van der Waals surface area contributed by atoms with Crippen LogP contribution in [0, 0.1) is 5.82 Å². The van der Waals surface area contributed by atoms with E-state index < -0.39 is 11.7 Å². The van der Waals surface area contributed by atoms with Gasteiger partial charge in [-0.3, -0.25) is 4.79 Å². The largest absolute Gasteiger partial charge is 0.443 e. The summed E-state index contributed by atoms with van der Waals surface area (Å²) in [6.07, 6.45) is 0.982. The van der Waals surface area contributed by atoms with E-state index in [1.54, 1.807) is 26.8 Å². The van der Waals surface area contributed by atoms with E-state index in [2.05, 4.69) is 0 Å². The second kappa shape index (κ2) is 7.51. The second-order valence-corrected chi connectivity index (χ2v) is 7.85. The smallest absolute Gasteiger partial charge is 0.417 e. The number of benzene rings is 2. The Balaban J connectivity index is 1.72. The minimum atomic E-state index is -0.642. The van der Waals surface area contributed by atoms with Crippen LogP contribution in [-0.4, -0.2) is 28.5 Å². The molecular formula is C22H24FNO3. The molecule has 0 aliphatic carbocycles. The van der Waals surface area contributed by atoms with Crippen LogP contribution in [0.5, 0.6) is 0 Å². The normalized spacial score (nSPS) is 17.3. The number of ether oxygens (including phenoxy) is 1. The Hall–Kier alpha value is -2.69. The molecule has 1 aliphatic rings. The Morgan fingerprint density at radius 3 is 2.48 bits per heavy atom. The average Bonchev–Trinajstić information content (AvgIpc) is 2.94. The van der Waals surface area contributed by atoms with Crippen LogP contribution in [0.25, 0.3) is 11.1 Å². The highest BCUT2D eigenvalue weighted by molar-refractivity contribution is 5.94. The van der Waals surface area contributed by atoms with E-state index in [0.29, 0.717) is 19.3 Å². The van der Waals surface area contributed by atoms with Crippen LogP contribution < -0.4 is 0 Å². The highest BCUT2D eigenvalue weighted by atomic mass is 19.1. The van der Waals surface area contributed by atoms with Gasteiger partial charge >= 0.3 is 6.09 Å². The molecule has 4 nitrogen and oxygen atoms in total. The van der Waals surface area contributed by atoms with Crippen molar-refractivity contribution in [3.05, 3.63) is 59.9 Å². The van der Waals surface area contributed by atoms with E-state index in [1.165, 1.54) is 17.0 Å². The first-order valence-electron chi connectivity index (χ1n) is 9.13. The number of hydrogen-bond donors (Lipinski definition) is 0. The summed E-state index contributed by atoms with van der Waals surface area (Å²) in [5.41, 5.74) is 2.11. The maximum absolute atomic E-state index is 13.4. The zero-order valence-corrected chi connectivity index (χ0v) is 15.9. The first kappa shape index (κ1) is 19.1. The highest BCUT2D eigenvalue weighted by Crippen LogP contribution is 2.26. The van der Waals surface area contributed by atoms with Crippen LogP contribution in [0.1, 0.15) is 39.2 Å². The molecule has 2 aromatic rings. The molecule has 0 aromatic heterocycles. The summed E-state index contributed by atoms with van der Waals surface area (Å²) in [6, 6.07) is 14.0. The van der Waals surface area contributed by atoms with Crippen LogP contribution >= 0.6 is 0 Å². The molecule has 5 heteroatoms. The van der Waals surface area contributed by atoms with E-state index >= 15 is 0 Å². The first-order chi connectivity index (χ1) is 12.7. The van der Waals surface area contributed by atoms with Crippen molar-refractivity contribution < 1.29 is 18.7 Å². The van der Waals surface area contributed by atoms with Gasteiger partial charge in [0.1, 0.15) is 11.4 Å². The van der Waals surface area contributed by atoms with Crippen molar-refractivity contribution >= 4 is 12.0 Å². The van der Waals surface area contributed by atoms with Gasteiger partial charge < -0.3 is 4.74 Å². The molecule has 1 saturated heterocycles. The summed E-state index contributed by atoms with van der Waals surface area (Å²) in [4.78, 5) is 25.8. The molecule has 142 valence electrons. The van der Waals surface area contributed by atoms with Gasteiger partial charge in [0.15, 0.2) is 0 Å². The van der Waals surface area contributed by atoms with E-state index in [9.17, 15) is 14.0 Å². The maximum Gasteiger partial charge on any atom is 0.417 e. The monoisotopic (exact) mass is 369 g/mol. The zero-order valence-electron chi connectivity index (χ0n) is 15.9. The van der Waals surface area contributed by atoms with Gasteiger partial charge in [0.05, 0.1) is 0 Å². The van der Waals surface area contributed by atoms with Crippen molar-refractivity contribution in [1.29, 1.82) is 0 Å². The summed E-state index contributed by atoms with van der Waals surface area (Å²) in [7, 11) is 0. The molecule has 0 spiro atoms. The molecule has 0 radical (unpaired) electrons. The molecule has 1 heterocycles. The van der Waals surface area contributed by atoms with E-state index in [0.717, 1.165) is 16.7 Å². The van der Waals surface area contributed by atoms with E-state index in [-0.39, 0.29) is 17.8 Å². The molecule has 1 aliphatic heterocycles. The zero-order chi connectivity index (χ0) is 19.6. The van der Waals surface area contributed by atoms with Gasteiger partial charge in [-0.05, 0) is 62.4 Å². The number of nitrogens with zero attached hydrogens (tertiary/aromatic N) is 1. The van der Waals surface area contributed by atoms with Crippen LogP contribution in [0.15, 0.2) is 48.5 Å². The Morgan fingerprint density at radius 1 is 1.15 bits per heavy atom. The lowest BCUT2D eigenvalue weighted by Gasteiger charge is -2.27. The molecule has 27 heavy (non-hydrogen) atoms. The number of amides is 2. The van der Waals surface area contributed by atoms with Gasteiger partial charge in [-0.2, -0.15) is 0 Å². The molecule has 2 amide bonds. The number of carbonyl (C=O) groups is 2. The van der Waals surface area contributed by atoms with Gasteiger partial charge in [0.2, 0.25) is 5.91 Å². The third-order valence-corrected chi connectivity index (χ3v) is 4.50. The molecular weight excluding hydrogens is 345 g/mol. The number of hydrogen-bond acceptors (Lipinski definition) is 3. The fraction of sp³-hybridized carbons (Fsp3) is 0.364. The SMILES string of the molecule is CC(C)(C)OC(=O)N1C(=O)CCC1Cc1ccc(-c2cccc(F)c2)cc1. The lowest BCUT2D eigenvalue weighted by Crippen LogP contribution is -2.43. The Bertz CT molecular complexity index is 839. The molecule has 1 atom stereocenters. The Labute approximate surface area is 158 Å². The van der Waals surface area contributed by atoms with Gasteiger partial charge in [0, 0.05) is 12.5 Å². The van der Waals surface area contributed by atoms with Crippen molar-refractivity contribution in [2.75, 3.05) is 0 Å². The fourth-order valence-corrected chi connectivity index (χ4v) is 3.27. The van der Waals surface area contributed by atoms with Gasteiger partial charge in [-0.25, -0.2) is 14.1 Å². The van der Waals surface area contributed by atoms with Crippen molar-refractivity contribution in [1.82, 2.24) is 4.90 Å². The number of likely N-dealkylation sites (tertiary alicyclic amines) is 1. The Kier molecular flexibility index (Phi) is 5.31. The van der Waals surface area contributed by atoms with Crippen LogP contribution in [0.4, 0.5) is 9.18 Å². The molecule has 0 N–H and O–H groups in total. The van der Waals surface area contributed by atoms with Crippen LogP contribution in [-0.2, 0) is 16.0 Å². The third kappa shape index (κ3) is 4.73. The summed E-state index contributed by atoms with van der Waals surface area (Å²) in [5.74, 6) is -0.459. The number of rotatable bonds is 3. The molecule has 0 bridgehead atoms. The van der Waals surface area contributed by atoms with Crippen LogP contribution in [0.3, 0.4) is 0 Å². The molecule has 0 saturated carbocycles. The standard InChI is InChI=1S/C22H24FNO3/c1-22(2,3)27-21(26)24-19(11-12-20(24)25)13-15-7-9-16(10-8-15)17-5-4-6-18(23)14-17/h4-10,14,19H,11-13H2,1-3H3. The number of halogens is 1. The third-order valence-electron chi connectivity index (χ3n) is 4.50. The quantitative estimate of drug-likeness (QED) is 0.768. The maximum atomic E-state index is 13.4. The second-order valence-electron chi connectivity index (χ2n) is 7.85. The van der Waals surface area contributed by atoms with Crippen molar-refractivity contribution in [3.63, 3.8) is 0 Å². The topological polar surface area (TPSA) is 46.6 Å². The number of imide groups is 1. The lowest BCUT2D eigenvalue weighted by molar-refractivity contribution is -0.128. The predicted octanol–water partition coefficient (Wildman–Crippen LogP) is 4.96. The highest BCUT2D eigenvalue weighted by Gasteiger charge is 2.38. The van der Waals surface area contributed by atoms with Crippen molar-refractivity contribution in [3.8, 4) is 11.1 Å². The average molecular weight is 369 g/mol. The van der Waals surface area contributed by atoms with E-state index in [4.69, 9.17) is 4.74 Å². The summed E-state index contributed by atoms with van der Waals surface area (Å²) >= 11 is 0. The molecule has 3 rings (SSSR count). The molecule has 1 unspecified atom stereocenters. The first-order valence-corrected chi connectivity index (χ1v) is 9.13. The van der Waals surface area contributed by atoms with Gasteiger partial charge in [-0.15, -0.1) is 0 Å². The molecule has 1 fully saturated rings. The van der Waals surface area contributed by atoms with Crippen LogP contribution in [0.2, 0.25) is 0 Å². The summed E-state index contributed by atoms with van der Waals surface area (Å²) < 4.78 is 18.8. The Morgan fingerprint density at radius 2 is 1.85 bits per heavy atom. The van der Waals surface area contributed by atoms with Crippen molar-refractivity contribution in [2.45, 2.75) is 51.7 Å². The molecule has 2 aromatic carbocycles. The minimum absolute atomic E-state index is 0.189. The summed E-state index contributed by atoms with van der Waals surface area (Å²) in [6.45, 7) is 5.35. The van der Waals surface area contributed by atoms with Crippen molar-refractivity contribution in [2.24, 2.45) is 0 Å². The predicted molar refractivity (Wildman–Crippen MR) is 102 cm³/mol.